The Morgan fingerprint density at radius 3 is 2.41 bits per heavy atom. The van der Waals surface area contributed by atoms with E-state index in [0.29, 0.717) is 16.5 Å². The van der Waals surface area contributed by atoms with Gasteiger partial charge >= 0.3 is 0 Å². The normalized spacial score (nSPS) is 13.9. The number of nitrogens with two attached hydrogens (primary N) is 1. The monoisotopic (exact) mass is 255 g/mol. The molecule has 0 aliphatic rings. The van der Waals surface area contributed by atoms with Gasteiger partial charge in [0.1, 0.15) is 0 Å². The Balaban J connectivity index is 2.82. The summed E-state index contributed by atoms with van der Waals surface area (Å²) in [5.41, 5.74) is 6.09. The fraction of sp³-hybridized carbons (Fsp3) is 0.538. The lowest BCUT2D eigenvalue weighted by molar-refractivity contribution is 0.465. The maximum Gasteiger partial charge on any atom is 0.178 e. The number of rotatable bonds is 5. The van der Waals surface area contributed by atoms with E-state index in [4.69, 9.17) is 5.73 Å². The molecular weight excluding hydrogens is 234 g/mol. The summed E-state index contributed by atoms with van der Waals surface area (Å²) in [7, 11) is -3.21. The first-order valence-electron chi connectivity index (χ1n) is 5.89. The van der Waals surface area contributed by atoms with Crippen molar-refractivity contribution in [3.05, 3.63) is 24.3 Å². The second-order valence-corrected chi connectivity index (χ2v) is 7.12. The molecule has 0 heterocycles. The van der Waals surface area contributed by atoms with Crippen LogP contribution in [0.5, 0.6) is 0 Å². The Morgan fingerprint density at radius 1 is 1.24 bits per heavy atom. The van der Waals surface area contributed by atoms with Gasteiger partial charge < -0.3 is 5.73 Å². The second kappa shape index (κ2) is 5.54. The topological polar surface area (TPSA) is 60.2 Å². The van der Waals surface area contributed by atoms with Crippen LogP contribution in [0.15, 0.2) is 29.2 Å². The molecule has 1 aromatic carbocycles. The summed E-state index contributed by atoms with van der Waals surface area (Å²) in [6, 6.07) is 6.50. The van der Waals surface area contributed by atoms with Crippen molar-refractivity contribution in [1.29, 1.82) is 0 Å². The summed E-state index contributed by atoms with van der Waals surface area (Å²) >= 11 is 0. The lowest BCUT2D eigenvalue weighted by Gasteiger charge is -2.14. The van der Waals surface area contributed by atoms with Crippen molar-refractivity contribution in [2.45, 2.75) is 32.1 Å². The van der Waals surface area contributed by atoms with E-state index in [0.717, 1.165) is 6.42 Å². The number of anilines is 1. The SMILES string of the molecule is CC(C)CC(C)CS(=O)(=O)c1cccc(N)c1. The van der Waals surface area contributed by atoms with Gasteiger partial charge in [-0.1, -0.05) is 26.8 Å². The Bertz CT molecular complexity index is 466. The second-order valence-electron chi connectivity index (χ2n) is 5.09. The highest BCUT2D eigenvalue weighted by atomic mass is 32.2. The smallest absolute Gasteiger partial charge is 0.178 e. The molecule has 0 saturated carbocycles. The van der Waals surface area contributed by atoms with E-state index in [1.165, 1.54) is 6.07 Å². The molecule has 3 nitrogen and oxygen atoms in total. The predicted octanol–water partition coefficient (Wildman–Crippen LogP) is 2.72. The quantitative estimate of drug-likeness (QED) is 0.823. The van der Waals surface area contributed by atoms with E-state index in [9.17, 15) is 8.42 Å². The lowest BCUT2D eigenvalue weighted by Crippen LogP contribution is -2.15. The van der Waals surface area contributed by atoms with Crippen LogP contribution in [-0.4, -0.2) is 14.2 Å². The minimum atomic E-state index is -3.21. The molecule has 0 amide bonds. The maximum absolute atomic E-state index is 12.1. The minimum absolute atomic E-state index is 0.168. The molecule has 1 rings (SSSR count). The third-order valence-electron chi connectivity index (χ3n) is 2.59. The van der Waals surface area contributed by atoms with Gasteiger partial charge in [0.2, 0.25) is 0 Å². The van der Waals surface area contributed by atoms with E-state index >= 15 is 0 Å². The first-order chi connectivity index (χ1) is 7.81. The van der Waals surface area contributed by atoms with Crippen molar-refractivity contribution in [3.63, 3.8) is 0 Å². The molecule has 0 radical (unpaired) electrons. The van der Waals surface area contributed by atoms with Crippen molar-refractivity contribution in [1.82, 2.24) is 0 Å². The van der Waals surface area contributed by atoms with Crippen LogP contribution < -0.4 is 5.73 Å². The molecule has 0 saturated heterocycles. The molecule has 96 valence electrons. The van der Waals surface area contributed by atoms with Gasteiger partial charge in [-0.25, -0.2) is 8.42 Å². The van der Waals surface area contributed by atoms with Crippen molar-refractivity contribution in [2.75, 3.05) is 11.5 Å². The van der Waals surface area contributed by atoms with E-state index < -0.39 is 9.84 Å². The molecule has 0 spiro atoms. The zero-order chi connectivity index (χ0) is 13.1. The summed E-state index contributed by atoms with van der Waals surface area (Å²) in [6.07, 6.45) is 0.918. The van der Waals surface area contributed by atoms with Crippen molar-refractivity contribution < 1.29 is 8.42 Å². The number of nitrogen functional groups attached to an aromatic ring is 1. The summed E-state index contributed by atoms with van der Waals surface area (Å²) < 4.78 is 24.2. The summed E-state index contributed by atoms with van der Waals surface area (Å²) in [4.78, 5) is 0.327. The average molecular weight is 255 g/mol. The van der Waals surface area contributed by atoms with Gasteiger partial charge in [0, 0.05) is 5.69 Å². The van der Waals surface area contributed by atoms with E-state index in [-0.39, 0.29) is 11.7 Å². The van der Waals surface area contributed by atoms with E-state index in [1.54, 1.807) is 18.2 Å². The molecule has 0 bridgehead atoms. The van der Waals surface area contributed by atoms with Crippen molar-refractivity contribution in [3.8, 4) is 0 Å². The Morgan fingerprint density at radius 2 is 1.88 bits per heavy atom. The predicted molar refractivity (Wildman–Crippen MR) is 71.5 cm³/mol. The number of hydrogen-bond acceptors (Lipinski definition) is 3. The molecule has 1 unspecified atom stereocenters. The van der Waals surface area contributed by atoms with Crippen LogP contribution in [0, 0.1) is 11.8 Å². The molecule has 1 atom stereocenters. The van der Waals surface area contributed by atoms with Gasteiger partial charge in [0.25, 0.3) is 0 Å². The van der Waals surface area contributed by atoms with Gasteiger partial charge in [-0.05, 0) is 36.5 Å². The average Bonchev–Trinajstić information content (AvgIpc) is 2.15. The summed E-state index contributed by atoms with van der Waals surface area (Å²) in [6.45, 7) is 6.18. The third kappa shape index (κ3) is 4.38. The van der Waals surface area contributed by atoms with Gasteiger partial charge in [-0.15, -0.1) is 0 Å². The summed E-state index contributed by atoms with van der Waals surface area (Å²) in [5.74, 6) is 0.872. The molecule has 0 fully saturated rings. The number of benzene rings is 1. The number of sulfone groups is 1. The van der Waals surface area contributed by atoms with Gasteiger partial charge in [-0.2, -0.15) is 0 Å². The largest absolute Gasteiger partial charge is 0.399 e. The molecule has 4 heteroatoms. The van der Waals surface area contributed by atoms with Crippen LogP contribution in [0.3, 0.4) is 0 Å². The number of hydrogen-bond donors (Lipinski definition) is 1. The highest BCUT2D eigenvalue weighted by Gasteiger charge is 2.19. The third-order valence-corrected chi connectivity index (χ3v) is 4.57. The maximum atomic E-state index is 12.1. The van der Waals surface area contributed by atoms with Crippen LogP contribution in [0.4, 0.5) is 5.69 Å². The van der Waals surface area contributed by atoms with Crippen LogP contribution in [0.25, 0.3) is 0 Å². The Kier molecular flexibility index (Phi) is 4.57. The first-order valence-corrected chi connectivity index (χ1v) is 7.55. The molecule has 2 N–H and O–H groups in total. The Labute approximate surface area is 104 Å². The lowest BCUT2D eigenvalue weighted by atomic mass is 10.0. The van der Waals surface area contributed by atoms with Crippen molar-refractivity contribution in [2.24, 2.45) is 11.8 Å². The van der Waals surface area contributed by atoms with Gasteiger partial charge in [-0.3, -0.25) is 0 Å². The van der Waals surface area contributed by atoms with Gasteiger partial charge in [0.05, 0.1) is 10.6 Å². The molecule has 0 aliphatic carbocycles. The fourth-order valence-corrected chi connectivity index (χ4v) is 3.73. The van der Waals surface area contributed by atoms with Crippen LogP contribution in [-0.2, 0) is 9.84 Å². The first kappa shape index (κ1) is 14.0. The van der Waals surface area contributed by atoms with Crippen LogP contribution in [0.2, 0.25) is 0 Å². The van der Waals surface area contributed by atoms with Crippen molar-refractivity contribution >= 4 is 15.5 Å². The van der Waals surface area contributed by atoms with E-state index in [2.05, 4.69) is 13.8 Å². The summed E-state index contributed by atoms with van der Waals surface area (Å²) in [5, 5.41) is 0. The van der Waals surface area contributed by atoms with Gasteiger partial charge in [0.15, 0.2) is 9.84 Å². The molecule has 0 aliphatic heterocycles. The molecule has 17 heavy (non-hydrogen) atoms. The fourth-order valence-electron chi connectivity index (χ4n) is 2.05. The Hall–Kier alpha value is -1.03. The zero-order valence-corrected chi connectivity index (χ0v) is 11.5. The zero-order valence-electron chi connectivity index (χ0n) is 10.7. The highest BCUT2D eigenvalue weighted by molar-refractivity contribution is 7.91. The van der Waals surface area contributed by atoms with E-state index in [1.807, 2.05) is 6.92 Å². The standard InChI is InChI=1S/C13H21NO2S/c1-10(2)7-11(3)9-17(15,16)13-6-4-5-12(14)8-13/h4-6,8,10-11H,7,9,14H2,1-3H3. The molecule has 0 aromatic heterocycles. The highest BCUT2D eigenvalue weighted by Crippen LogP contribution is 2.20. The molecule has 1 aromatic rings. The van der Waals surface area contributed by atoms with Crippen LogP contribution >= 0.6 is 0 Å². The van der Waals surface area contributed by atoms with Crippen LogP contribution in [0.1, 0.15) is 27.2 Å². The minimum Gasteiger partial charge on any atom is -0.399 e. The molecular formula is C13H21NO2S.